The molecule has 0 saturated carbocycles. The minimum absolute atomic E-state index is 0.243. The quantitative estimate of drug-likeness (QED) is 0.875. The van der Waals surface area contributed by atoms with E-state index in [1.54, 1.807) is 13.2 Å². The van der Waals surface area contributed by atoms with Crippen LogP contribution in [0.5, 0.6) is 0 Å². The van der Waals surface area contributed by atoms with Crippen LogP contribution in [0.25, 0.3) is 0 Å². The molecule has 2 aromatic rings. The lowest BCUT2D eigenvalue weighted by atomic mass is 9.96. The topological polar surface area (TPSA) is 86.2 Å². The van der Waals surface area contributed by atoms with Crippen LogP contribution in [-0.2, 0) is 21.6 Å². The van der Waals surface area contributed by atoms with Crippen molar-refractivity contribution < 1.29 is 14.3 Å². The fraction of sp³-hybridized carbons (Fsp3) is 0.412. The molecule has 1 unspecified atom stereocenters. The number of hydrogen-bond donors (Lipinski definition) is 1. The van der Waals surface area contributed by atoms with Crippen LogP contribution in [0.15, 0.2) is 24.5 Å². The van der Waals surface area contributed by atoms with Gasteiger partial charge in [-0.15, -0.1) is 0 Å². The van der Waals surface area contributed by atoms with E-state index in [1.807, 2.05) is 13.0 Å². The largest absolute Gasteiger partial charge is 0.378 e. The van der Waals surface area contributed by atoms with Gasteiger partial charge in [-0.05, 0) is 24.6 Å². The molecule has 25 heavy (non-hydrogen) atoms. The summed E-state index contributed by atoms with van der Waals surface area (Å²) < 4.78 is 11.1. The molecule has 2 aromatic heterocycles. The molecule has 1 N–H and O–H groups in total. The van der Waals surface area contributed by atoms with Crippen LogP contribution >= 0.6 is 11.6 Å². The molecular formula is C17H19ClN4O3. The fourth-order valence-electron chi connectivity index (χ4n) is 2.72. The molecular weight excluding hydrogens is 344 g/mol. The van der Waals surface area contributed by atoms with Crippen LogP contribution in [0.1, 0.15) is 33.9 Å². The van der Waals surface area contributed by atoms with Crippen LogP contribution in [0.3, 0.4) is 0 Å². The van der Waals surface area contributed by atoms with Crippen molar-refractivity contribution in [3.63, 3.8) is 0 Å². The summed E-state index contributed by atoms with van der Waals surface area (Å²) in [6.45, 7) is 3.21. The number of rotatable bonds is 5. The molecule has 1 aliphatic rings. The maximum absolute atomic E-state index is 12.5. The van der Waals surface area contributed by atoms with Gasteiger partial charge in [-0.25, -0.2) is 9.97 Å². The molecule has 3 heterocycles. The molecule has 0 bridgehead atoms. The number of hydrogen-bond acceptors (Lipinski definition) is 6. The van der Waals surface area contributed by atoms with Crippen LogP contribution in [0, 0.1) is 6.92 Å². The molecule has 1 aliphatic heterocycles. The lowest BCUT2D eigenvalue weighted by Gasteiger charge is -2.25. The SMILES string of the molecule is COC1(c2cc(C)cc(C(=O)NCc3cnc(Cl)cn3)n2)CCOC1. The van der Waals surface area contributed by atoms with E-state index in [0.29, 0.717) is 41.9 Å². The van der Waals surface area contributed by atoms with Crippen molar-refractivity contribution in [3.05, 3.63) is 52.3 Å². The Morgan fingerprint density at radius 3 is 2.88 bits per heavy atom. The molecule has 1 saturated heterocycles. The van der Waals surface area contributed by atoms with E-state index in [9.17, 15) is 4.79 Å². The second-order valence-electron chi connectivity index (χ2n) is 5.93. The molecule has 0 aliphatic carbocycles. The molecule has 0 spiro atoms. The summed E-state index contributed by atoms with van der Waals surface area (Å²) in [7, 11) is 1.64. The van der Waals surface area contributed by atoms with Gasteiger partial charge in [0.05, 0.1) is 36.9 Å². The van der Waals surface area contributed by atoms with E-state index < -0.39 is 5.60 Å². The van der Waals surface area contributed by atoms with Crippen molar-refractivity contribution in [1.82, 2.24) is 20.3 Å². The summed E-state index contributed by atoms with van der Waals surface area (Å²) in [5.41, 5.74) is 2.00. The number of carbonyl (C=O) groups excluding carboxylic acids is 1. The zero-order valence-electron chi connectivity index (χ0n) is 14.1. The minimum atomic E-state index is -0.595. The monoisotopic (exact) mass is 362 g/mol. The Balaban J connectivity index is 1.77. The third-order valence-corrected chi connectivity index (χ3v) is 4.34. The number of aromatic nitrogens is 3. The van der Waals surface area contributed by atoms with Crippen molar-refractivity contribution in [2.75, 3.05) is 20.3 Å². The van der Waals surface area contributed by atoms with E-state index in [0.717, 1.165) is 5.56 Å². The Morgan fingerprint density at radius 1 is 1.40 bits per heavy atom. The Bertz CT molecular complexity index is 761. The predicted octanol–water partition coefficient (Wildman–Crippen LogP) is 2.03. The number of nitrogens with one attached hydrogen (secondary N) is 1. The molecule has 0 aromatic carbocycles. The summed E-state index contributed by atoms with van der Waals surface area (Å²) in [4.78, 5) is 25.0. The molecule has 0 radical (unpaired) electrons. The first-order valence-corrected chi connectivity index (χ1v) is 8.27. The third kappa shape index (κ3) is 3.95. The highest BCUT2D eigenvalue weighted by molar-refractivity contribution is 6.29. The number of amides is 1. The van der Waals surface area contributed by atoms with Crippen molar-refractivity contribution in [2.24, 2.45) is 0 Å². The zero-order valence-corrected chi connectivity index (χ0v) is 14.8. The molecule has 1 atom stereocenters. The van der Waals surface area contributed by atoms with E-state index in [-0.39, 0.29) is 12.5 Å². The summed E-state index contributed by atoms with van der Waals surface area (Å²) in [6, 6.07) is 3.67. The number of pyridine rings is 1. The van der Waals surface area contributed by atoms with E-state index >= 15 is 0 Å². The summed E-state index contributed by atoms with van der Waals surface area (Å²) in [5.74, 6) is -0.285. The van der Waals surface area contributed by atoms with Crippen molar-refractivity contribution in [2.45, 2.75) is 25.5 Å². The van der Waals surface area contributed by atoms with Gasteiger partial charge < -0.3 is 14.8 Å². The molecule has 7 nitrogen and oxygen atoms in total. The number of nitrogens with zero attached hydrogens (tertiary/aromatic N) is 3. The lowest BCUT2D eigenvalue weighted by molar-refractivity contribution is -0.0247. The maximum Gasteiger partial charge on any atom is 0.270 e. The smallest absolute Gasteiger partial charge is 0.270 e. The van der Waals surface area contributed by atoms with Gasteiger partial charge in [0.25, 0.3) is 5.91 Å². The second-order valence-corrected chi connectivity index (χ2v) is 6.32. The van der Waals surface area contributed by atoms with Gasteiger partial charge in [0.2, 0.25) is 0 Å². The summed E-state index contributed by atoms with van der Waals surface area (Å²) >= 11 is 5.70. The first-order valence-electron chi connectivity index (χ1n) is 7.89. The summed E-state index contributed by atoms with van der Waals surface area (Å²) in [6.07, 6.45) is 3.67. The number of ether oxygens (including phenoxy) is 2. The van der Waals surface area contributed by atoms with Crippen LogP contribution in [-0.4, -0.2) is 41.2 Å². The van der Waals surface area contributed by atoms with Gasteiger partial charge in [-0.3, -0.25) is 9.78 Å². The highest BCUT2D eigenvalue weighted by atomic mass is 35.5. The number of halogens is 1. The lowest BCUT2D eigenvalue weighted by Crippen LogP contribution is -2.32. The first kappa shape index (κ1) is 17.7. The van der Waals surface area contributed by atoms with Gasteiger partial charge >= 0.3 is 0 Å². The van der Waals surface area contributed by atoms with Gasteiger partial charge in [0.1, 0.15) is 16.4 Å². The average molecular weight is 363 g/mol. The van der Waals surface area contributed by atoms with Crippen molar-refractivity contribution in [3.8, 4) is 0 Å². The number of methoxy groups -OCH3 is 1. The first-order chi connectivity index (χ1) is 12.0. The highest BCUT2D eigenvalue weighted by Crippen LogP contribution is 2.33. The van der Waals surface area contributed by atoms with E-state index in [4.69, 9.17) is 21.1 Å². The minimum Gasteiger partial charge on any atom is -0.378 e. The number of aryl methyl sites for hydroxylation is 1. The van der Waals surface area contributed by atoms with Crippen LogP contribution in [0.2, 0.25) is 5.15 Å². The predicted molar refractivity (Wildman–Crippen MR) is 91.3 cm³/mol. The fourth-order valence-corrected chi connectivity index (χ4v) is 2.82. The van der Waals surface area contributed by atoms with E-state index in [2.05, 4.69) is 20.3 Å². The Morgan fingerprint density at radius 2 is 2.24 bits per heavy atom. The molecule has 3 rings (SSSR count). The van der Waals surface area contributed by atoms with Crippen LogP contribution in [0.4, 0.5) is 0 Å². The van der Waals surface area contributed by atoms with Crippen molar-refractivity contribution >= 4 is 17.5 Å². The number of carbonyl (C=O) groups is 1. The van der Waals surface area contributed by atoms with Crippen molar-refractivity contribution in [1.29, 1.82) is 0 Å². The van der Waals surface area contributed by atoms with E-state index in [1.165, 1.54) is 12.4 Å². The van der Waals surface area contributed by atoms with Gasteiger partial charge in [0.15, 0.2) is 0 Å². The highest BCUT2D eigenvalue weighted by Gasteiger charge is 2.38. The Labute approximate surface area is 150 Å². The Hall–Kier alpha value is -2.09. The second kappa shape index (κ2) is 7.43. The summed E-state index contributed by atoms with van der Waals surface area (Å²) in [5, 5.41) is 3.10. The van der Waals surface area contributed by atoms with Gasteiger partial charge in [-0.1, -0.05) is 11.6 Å². The standard InChI is InChI=1S/C17H19ClN4O3/c1-11-5-13(16(23)21-8-12-7-20-15(18)9-19-12)22-14(6-11)17(24-2)3-4-25-10-17/h5-7,9H,3-4,8,10H2,1-2H3,(H,21,23). The van der Waals surface area contributed by atoms with Gasteiger partial charge in [-0.2, -0.15) is 0 Å². The third-order valence-electron chi connectivity index (χ3n) is 4.15. The molecule has 1 amide bonds. The average Bonchev–Trinajstić information content (AvgIpc) is 3.11. The normalized spacial score (nSPS) is 19.8. The maximum atomic E-state index is 12.5. The zero-order chi connectivity index (χ0) is 17.9. The van der Waals surface area contributed by atoms with Crippen LogP contribution < -0.4 is 5.32 Å². The van der Waals surface area contributed by atoms with Gasteiger partial charge in [0, 0.05) is 20.1 Å². The molecule has 1 fully saturated rings. The molecule has 132 valence electrons. The molecule has 8 heteroatoms. The Kier molecular flexibility index (Phi) is 5.27.